The first-order valence-corrected chi connectivity index (χ1v) is 7.10. The number of hydrogen-bond acceptors (Lipinski definition) is 5. The van der Waals surface area contributed by atoms with Crippen molar-refractivity contribution in [1.29, 1.82) is 0 Å². The molecule has 0 aliphatic rings. The molecule has 128 valence electrons. The van der Waals surface area contributed by atoms with Gasteiger partial charge in [0.15, 0.2) is 0 Å². The Kier molecular flexibility index (Phi) is 5.02. The quantitative estimate of drug-likeness (QED) is 0.623. The second-order valence-corrected chi connectivity index (χ2v) is 5.29. The molecule has 0 bridgehead atoms. The molecule has 5 N–H and O–H groups in total. The molecule has 0 spiro atoms. The third-order valence-electron chi connectivity index (χ3n) is 3.21. The van der Waals surface area contributed by atoms with Gasteiger partial charge < -0.3 is 20.8 Å². The maximum atomic E-state index is 13.2. The van der Waals surface area contributed by atoms with Gasteiger partial charge in [-0.3, -0.25) is 14.6 Å². The summed E-state index contributed by atoms with van der Waals surface area (Å²) in [6, 6.07) is 3.85. The van der Waals surface area contributed by atoms with E-state index in [1.807, 2.05) is 4.98 Å². The molecule has 0 aliphatic heterocycles. The van der Waals surface area contributed by atoms with Gasteiger partial charge in [0.05, 0.1) is 6.04 Å². The van der Waals surface area contributed by atoms with E-state index in [0.717, 1.165) is 0 Å². The molecule has 1 heterocycles. The van der Waals surface area contributed by atoms with Gasteiger partial charge in [0.2, 0.25) is 0 Å². The van der Waals surface area contributed by atoms with Gasteiger partial charge in [-0.05, 0) is 37.6 Å². The second-order valence-electron chi connectivity index (χ2n) is 5.29. The van der Waals surface area contributed by atoms with E-state index in [9.17, 15) is 18.8 Å². The lowest BCUT2D eigenvalue weighted by molar-refractivity contribution is 0.0922. The van der Waals surface area contributed by atoms with Gasteiger partial charge in [-0.15, -0.1) is 0 Å². The van der Waals surface area contributed by atoms with Crippen molar-refractivity contribution in [3.05, 3.63) is 56.1 Å². The van der Waals surface area contributed by atoms with E-state index in [0.29, 0.717) is 11.3 Å². The number of nitrogen functional groups attached to an aromatic ring is 1. The summed E-state index contributed by atoms with van der Waals surface area (Å²) in [6.07, 6.45) is 0. The molecule has 0 radical (unpaired) electrons. The Labute approximate surface area is 135 Å². The van der Waals surface area contributed by atoms with Crippen LogP contribution < -0.4 is 27.0 Å². The molecule has 0 fully saturated rings. The molecule has 2 rings (SSSR count). The average Bonchev–Trinajstić information content (AvgIpc) is 2.52. The van der Waals surface area contributed by atoms with E-state index in [-0.39, 0.29) is 23.8 Å². The monoisotopic (exact) mass is 336 g/mol. The van der Waals surface area contributed by atoms with Crippen LogP contribution in [0.15, 0.2) is 27.8 Å². The number of rotatable bonds is 5. The highest BCUT2D eigenvalue weighted by Crippen LogP contribution is 2.16. The molecule has 1 amide bonds. The highest BCUT2D eigenvalue weighted by Gasteiger charge is 2.16. The van der Waals surface area contributed by atoms with Crippen LogP contribution in [0.3, 0.4) is 0 Å². The van der Waals surface area contributed by atoms with Gasteiger partial charge >= 0.3 is 5.69 Å². The van der Waals surface area contributed by atoms with Crippen molar-refractivity contribution in [3.8, 4) is 5.75 Å². The minimum atomic E-state index is -0.838. The number of carbonyl (C=O) groups excluding carboxylic acids is 1. The number of halogens is 1. The van der Waals surface area contributed by atoms with Crippen LogP contribution in [-0.2, 0) is 0 Å². The molecule has 9 heteroatoms. The molecule has 8 nitrogen and oxygen atoms in total. The Morgan fingerprint density at radius 2 is 2.08 bits per heavy atom. The van der Waals surface area contributed by atoms with Crippen molar-refractivity contribution >= 4 is 11.6 Å². The fraction of sp³-hybridized carbons (Fsp3) is 0.267. The molecule has 24 heavy (non-hydrogen) atoms. The zero-order valence-corrected chi connectivity index (χ0v) is 13.1. The number of aryl methyl sites for hydroxylation is 1. The van der Waals surface area contributed by atoms with E-state index < -0.39 is 23.2 Å². The Morgan fingerprint density at radius 3 is 2.75 bits per heavy atom. The van der Waals surface area contributed by atoms with Crippen LogP contribution in [0.4, 0.5) is 10.1 Å². The summed E-state index contributed by atoms with van der Waals surface area (Å²) in [5.74, 6) is -0.585. The molecule has 0 saturated heterocycles. The lowest BCUT2D eigenvalue weighted by atomic mass is 10.2. The van der Waals surface area contributed by atoms with Crippen LogP contribution >= 0.6 is 0 Å². The van der Waals surface area contributed by atoms with E-state index >= 15 is 0 Å². The summed E-state index contributed by atoms with van der Waals surface area (Å²) in [5.41, 5.74) is 3.57. The maximum Gasteiger partial charge on any atom is 0.326 e. The summed E-state index contributed by atoms with van der Waals surface area (Å²) >= 11 is 0. The topological polar surface area (TPSA) is 130 Å². The van der Waals surface area contributed by atoms with E-state index in [1.54, 1.807) is 13.8 Å². The molecule has 0 unspecified atom stereocenters. The predicted octanol–water partition coefficient (Wildman–Crippen LogP) is 0.290. The summed E-state index contributed by atoms with van der Waals surface area (Å²) in [6.45, 7) is 3.37. The highest BCUT2D eigenvalue weighted by atomic mass is 19.1. The zero-order valence-electron chi connectivity index (χ0n) is 13.1. The van der Waals surface area contributed by atoms with Crippen molar-refractivity contribution < 1.29 is 13.9 Å². The Balaban J connectivity index is 2.00. The number of hydrogen-bond donors (Lipinski definition) is 4. The Morgan fingerprint density at radius 1 is 1.38 bits per heavy atom. The standard InChI is InChI=1S/C15H17FN4O4/c1-7-5-9(3-4-10(7)16)24-6-8(2)18-14(22)12-11(17)13(21)20-15(23)19-12/h3-5,8H,6,17H2,1-2H3,(H,18,22)(H2,19,20,21,23)/t8-/m1/s1. The SMILES string of the molecule is Cc1cc(OC[C@@H](C)NC(=O)c2[nH]c(=O)[nH]c(=O)c2N)ccc1F. The number of benzene rings is 1. The normalized spacial score (nSPS) is 11.8. The van der Waals surface area contributed by atoms with Crippen molar-refractivity contribution in [2.75, 3.05) is 12.3 Å². The molecular formula is C15H17FN4O4. The molecule has 0 saturated carbocycles. The van der Waals surface area contributed by atoms with Crippen LogP contribution in [-0.4, -0.2) is 28.5 Å². The first-order chi connectivity index (χ1) is 11.3. The molecule has 2 aromatic rings. The lowest BCUT2D eigenvalue weighted by Gasteiger charge is -2.15. The molecule has 1 aromatic heterocycles. The number of ether oxygens (including phenoxy) is 1. The average molecular weight is 336 g/mol. The summed E-state index contributed by atoms with van der Waals surface area (Å²) in [7, 11) is 0. The van der Waals surface area contributed by atoms with Crippen LogP contribution in [0.25, 0.3) is 0 Å². The molecular weight excluding hydrogens is 319 g/mol. The van der Waals surface area contributed by atoms with Crippen LogP contribution in [0.2, 0.25) is 0 Å². The Bertz CT molecular complexity index is 875. The first kappa shape index (κ1) is 17.3. The number of anilines is 1. The number of carbonyl (C=O) groups is 1. The predicted molar refractivity (Wildman–Crippen MR) is 85.7 cm³/mol. The van der Waals surface area contributed by atoms with Crippen LogP contribution in [0.1, 0.15) is 23.0 Å². The minimum Gasteiger partial charge on any atom is -0.491 e. The Hall–Kier alpha value is -3.10. The number of nitrogens with two attached hydrogens (primary N) is 1. The van der Waals surface area contributed by atoms with Crippen molar-refractivity contribution in [2.45, 2.75) is 19.9 Å². The third-order valence-corrected chi connectivity index (χ3v) is 3.21. The van der Waals surface area contributed by atoms with E-state index in [1.165, 1.54) is 18.2 Å². The largest absolute Gasteiger partial charge is 0.491 e. The molecule has 1 aromatic carbocycles. The fourth-order valence-corrected chi connectivity index (χ4v) is 1.94. The molecule has 1 atom stereocenters. The maximum absolute atomic E-state index is 13.2. The van der Waals surface area contributed by atoms with E-state index in [2.05, 4.69) is 10.3 Å². The third kappa shape index (κ3) is 4.00. The molecule has 0 aliphatic carbocycles. The van der Waals surface area contributed by atoms with Crippen molar-refractivity contribution in [3.63, 3.8) is 0 Å². The highest BCUT2D eigenvalue weighted by molar-refractivity contribution is 5.96. The smallest absolute Gasteiger partial charge is 0.326 e. The van der Waals surface area contributed by atoms with Crippen LogP contribution in [0.5, 0.6) is 5.75 Å². The van der Waals surface area contributed by atoms with Crippen molar-refractivity contribution in [1.82, 2.24) is 15.3 Å². The van der Waals surface area contributed by atoms with Gasteiger partial charge in [-0.2, -0.15) is 0 Å². The first-order valence-electron chi connectivity index (χ1n) is 7.10. The number of aromatic nitrogens is 2. The van der Waals surface area contributed by atoms with Gasteiger partial charge in [0.1, 0.15) is 29.6 Å². The number of aromatic amines is 2. The van der Waals surface area contributed by atoms with Gasteiger partial charge in [0.25, 0.3) is 11.5 Å². The van der Waals surface area contributed by atoms with Gasteiger partial charge in [-0.25, -0.2) is 9.18 Å². The van der Waals surface area contributed by atoms with Gasteiger partial charge in [-0.1, -0.05) is 0 Å². The summed E-state index contributed by atoms with van der Waals surface area (Å²) in [4.78, 5) is 38.8. The zero-order chi connectivity index (χ0) is 17.9. The van der Waals surface area contributed by atoms with Crippen molar-refractivity contribution in [2.24, 2.45) is 0 Å². The number of nitrogens with one attached hydrogen (secondary N) is 3. The summed E-state index contributed by atoms with van der Waals surface area (Å²) < 4.78 is 18.6. The number of amides is 1. The van der Waals surface area contributed by atoms with Crippen LogP contribution in [0, 0.1) is 12.7 Å². The van der Waals surface area contributed by atoms with E-state index in [4.69, 9.17) is 10.5 Å². The second kappa shape index (κ2) is 6.99. The minimum absolute atomic E-state index is 0.101. The fourth-order valence-electron chi connectivity index (χ4n) is 1.94. The number of H-pyrrole nitrogens is 2. The lowest BCUT2D eigenvalue weighted by Crippen LogP contribution is -2.40. The summed E-state index contributed by atoms with van der Waals surface area (Å²) in [5, 5.41) is 2.55. The van der Waals surface area contributed by atoms with Gasteiger partial charge in [0, 0.05) is 0 Å².